The molecule has 4 nitrogen and oxygen atoms in total. The van der Waals surface area contributed by atoms with Crippen molar-refractivity contribution in [3.63, 3.8) is 0 Å². The number of rotatable bonds is 5. The number of hydrogen-bond acceptors (Lipinski definition) is 4. The first-order valence-electron chi connectivity index (χ1n) is 11.3. The topological polar surface area (TPSA) is 69.9 Å². The van der Waals surface area contributed by atoms with Gasteiger partial charge in [0.05, 0.1) is 0 Å². The van der Waals surface area contributed by atoms with Crippen molar-refractivity contribution in [2.24, 2.45) is 17.0 Å². The molecule has 168 valence electrons. The molecule has 0 radical (unpaired) electrons. The fourth-order valence-corrected chi connectivity index (χ4v) is 4.70. The maximum absolute atomic E-state index is 11.0. The Bertz CT molecular complexity index is 1060. The minimum atomic E-state index is -0.0425. The SMILES string of the molecule is CCC(C)CC1Cc2cc(O)c(N=O)cc2[C@@H]1c1ccc(O)cc1C.Cc1ccccc1. The number of phenols is 2. The summed E-state index contributed by atoms with van der Waals surface area (Å²) in [4.78, 5) is 11.0. The number of nitrogens with zero attached hydrogens (tertiary/aromatic N) is 1. The highest BCUT2D eigenvalue weighted by atomic mass is 16.3. The first kappa shape index (κ1) is 23.5. The molecule has 0 amide bonds. The highest BCUT2D eigenvalue weighted by Crippen LogP contribution is 2.49. The van der Waals surface area contributed by atoms with Crippen molar-refractivity contribution < 1.29 is 10.2 Å². The normalized spacial score (nSPS) is 17.8. The number of hydrogen-bond donors (Lipinski definition) is 2. The summed E-state index contributed by atoms with van der Waals surface area (Å²) in [5, 5.41) is 22.7. The lowest BCUT2D eigenvalue weighted by atomic mass is 9.79. The average molecular weight is 432 g/mol. The van der Waals surface area contributed by atoms with E-state index < -0.39 is 0 Å². The van der Waals surface area contributed by atoms with Gasteiger partial charge >= 0.3 is 0 Å². The van der Waals surface area contributed by atoms with Crippen LogP contribution in [0.2, 0.25) is 0 Å². The van der Waals surface area contributed by atoms with Crippen LogP contribution in [0, 0.1) is 30.6 Å². The third kappa shape index (κ3) is 5.37. The van der Waals surface area contributed by atoms with Crippen molar-refractivity contribution in [2.45, 2.75) is 52.9 Å². The highest BCUT2D eigenvalue weighted by molar-refractivity contribution is 5.60. The van der Waals surface area contributed by atoms with Crippen molar-refractivity contribution >= 4 is 5.69 Å². The molecule has 1 aliphatic carbocycles. The third-order valence-electron chi connectivity index (χ3n) is 6.55. The highest BCUT2D eigenvalue weighted by Gasteiger charge is 2.36. The van der Waals surface area contributed by atoms with E-state index in [1.165, 1.54) is 11.1 Å². The van der Waals surface area contributed by atoms with Gasteiger partial charge in [-0.3, -0.25) is 0 Å². The van der Waals surface area contributed by atoms with E-state index in [0.717, 1.165) is 36.0 Å². The van der Waals surface area contributed by atoms with Crippen molar-refractivity contribution in [1.82, 2.24) is 0 Å². The molecule has 2 unspecified atom stereocenters. The molecule has 0 fully saturated rings. The quantitative estimate of drug-likeness (QED) is 0.410. The Hall–Kier alpha value is -3.14. The van der Waals surface area contributed by atoms with Gasteiger partial charge in [-0.2, -0.15) is 0 Å². The summed E-state index contributed by atoms with van der Waals surface area (Å²) >= 11 is 0. The summed E-state index contributed by atoms with van der Waals surface area (Å²) in [7, 11) is 0. The Labute approximate surface area is 190 Å². The van der Waals surface area contributed by atoms with E-state index in [0.29, 0.717) is 11.8 Å². The average Bonchev–Trinajstić information content (AvgIpc) is 3.10. The molecule has 0 spiro atoms. The third-order valence-corrected chi connectivity index (χ3v) is 6.55. The molecule has 4 heteroatoms. The van der Waals surface area contributed by atoms with Crippen LogP contribution in [0.1, 0.15) is 60.4 Å². The summed E-state index contributed by atoms with van der Waals surface area (Å²) in [5.41, 5.74) is 5.81. The number of phenolic OH excluding ortho intramolecular Hbond substituents is 2. The van der Waals surface area contributed by atoms with Gasteiger partial charge < -0.3 is 10.2 Å². The Morgan fingerprint density at radius 1 is 1.00 bits per heavy atom. The van der Waals surface area contributed by atoms with Crippen LogP contribution in [-0.4, -0.2) is 10.2 Å². The van der Waals surface area contributed by atoms with Gasteiger partial charge in [0, 0.05) is 5.92 Å². The van der Waals surface area contributed by atoms with Crippen LogP contribution < -0.4 is 0 Å². The number of nitroso groups, excluding NO2 is 1. The molecule has 4 rings (SSSR count). The second kappa shape index (κ2) is 10.4. The zero-order valence-electron chi connectivity index (χ0n) is 19.4. The van der Waals surface area contributed by atoms with E-state index in [2.05, 4.69) is 38.1 Å². The van der Waals surface area contributed by atoms with Gasteiger partial charge in [0.2, 0.25) is 0 Å². The second-order valence-electron chi connectivity index (χ2n) is 9.02. The first-order chi connectivity index (χ1) is 15.3. The summed E-state index contributed by atoms with van der Waals surface area (Å²) in [5.74, 6) is 1.40. The molecule has 0 heterocycles. The molecule has 3 atom stereocenters. The minimum absolute atomic E-state index is 0.0425. The molecular formula is C28H33NO3. The summed E-state index contributed by atoms with van der Waals surface area (Å²) < 4.78 is 0. The smallest absolute Gasteiger partial charge is 0.149 e. The Morgan fingerprint density at radius 3 is 2.28 bits per heavy atom. The van der Waals surface area contributed by atoms with Gasteiger partial charge in [-0.25, -0.2) is 0 Å². The summed E-state index contributed by atoms with van der Waals surface area (Å²) in [6.45, 7) is 8.56. The minimum Gasteiger partial charge on any atom is -0.508 e. The van der Waals surface area contributed by atoms with Crippen molar-refractivity contribution in [2.75, 3.05) is 0 Å². The zero-order chi connectivity index (χ0) is 23.3. The number of benzene rings is 3. The maximum atomic E-state index is 11.0. The summed E-state index contributed by atoms with van der Waals surface area (Å²) in [6, 6.07) is 19.2. The van der Waals surface area contributed by atoms with Crippen LogP contribution >= 0.6 is 0 Å². The van der Waals surface area contributed by atoms with Crippen LogP contribution in [0.3, 0.4) is 0 Å². The molecule has 3 aromatic rings. The first-order valence-corrected chi connectivity index (χ1v) is 11.3. The molecule has 0 aromatic heterocycles. The van der Waals surface area contributed by atoms with E-state index in [9.17, 15) is 15.1 Å². The zero-order valence-corrected chi connectivity index (χ0v) is 19.4. The van der Waals surface area contributed by atoms with Crippen LogP contribution in [0.25, 0.3) is 0 Å². The predicted molar refractivity (Wildman–Crippen MR) is 131 cm³/mol. The predicted octanol–water partition coefficient (Wildman–Crippen LogP) is 7.54. The molecule has 0 aliphatic heterocycles. The Morgan fingerprint density at radius 2 is 1.72 bits per heavy atom. The van der Waals surface area contributed by atoms with E-state index >= 15 is 0 Å². The van der Waals surface area contributed by atoms with E-state index in [1.54, 1.807) is 24.3 Å². The van der Waals surface area contributed by atoms with Crippen LogP contribution in [0.15, 0.2) is 65.8 Å². The fourth-order valence-electron chi connectivity index (χ4n) is 4.70. The molecule has 32 heavy (non-hydrogen) atoms. The maximum Gasteiger partial charge on any atom is 0.149 e. The monoisotopic (exact) mass is 431 g/mol. The Balaban J connectivity index is 0.000000352. The van der Waals surface area contributed by atoms with Crippen molar-refractivity contribution in [1.29, 1.82) is 0 Å². The van der Waals surface area contributed by atoms with E-state index in [-0.39, 0.29) is 23.1 Å². The molecule has 0 saturated heterocycles. The van der Waals surface area contributed by atoms with E-state index in [4.69, 9.17) is 0 Å². The molecule has 2 N–H and O–H groups in total. The standard InChI is InChI=1S/C21H25NO3.C7H8/c1-4-12(2)7-15-9-14-10-20(24)19(22-25)11-18(14)21(15)17-6-5-16(23)8-13(17)3;1-7-5-3-2-4-6-7/h5-6,8,10-12,15,21,23-24H,4,7,9H2,1-3H3;2-6H,1H3/t12?,15?,21-;/m0./s1. The number of fused-ring (bicyclic) bond motifs is 1. The lowest BCUT2D eigenvalue weighted by Crippen LogP contribution is -2.14. The molecular weight excluding hydrogens is 398 g/mol. The lowest BCUT2D eigenvalue weighted by molar-refractivity contribution is 0.369. The number of aromatic hydroxyl groups is 2. The lowest BCUT2D eigenvalue weighted by Gasteiger charge is -2.25. The van der Waals surface area contributed by atoms with Gasteiger partial charge in [0.1, 0.15) is 17.2 Å². The van der Waals surface area contributed by atoms with Crippen molar-refractivity contribution in [3.05, 3.63) is 93.4 Å². The summed E-state index contributed by atoms with van der Waals surface area (Å²) in [6.07, 6.45) is 3.10. The van der Waals surface area contributed by atoms with Gasteiger partial charge in [-0.15, -0.1) is 4.91 Å². The second-order valence-corrected chi connectivity index (χ2v) is 9.02. The van der Waals surface area contributed by atoms with Crippen molar-refractivity contribution in [3.8, 4) is 11.5 Å². The van der Waals surface area contributed by atoms with Crippen LogP contribution in [-0.2, 0) is 6.42 Å². The molecule has 3 aromatic carbocycles. The van der Waals surface area contributed by atoms with Crippen LogP contribution in [0.5, 0.6) is 11.5 Å². The molecule has 0 saturated carbocycles. The van der Waals surface area contributed by atoms with Gasteiger partial charge in [-0.05, 0) is 90.2 Å². The van der Waals surface area contributed by atoms with Gasteiger partial charge in [0.25, 0.3) is 0 Å². The van der Waals surface area contributed by atoms with Crippen LogP contribution in [0.4, 0.5) is 5.69 Å². The molecule has 0 bridgehead atoms. The Kier molecular flexibility index (Phi) is 7.68. The van der Waals surface area contributed by atoms with Gasteiger partial charge in [-0.1, -0.05) is 62.2 Å². The van der Waals surface area contributed by atoms with E-state index in [1.807, 2.05) is 31.2 Å². The molecule has 1 aliphatic rings. The van der Waals surface area contributed by atoms with Gasteiger partial charge in [0.15, 0.2) is 0 Å². The largest absolute Gasteiger partial charge is 0.508 e. The fraction of sp³-hybridized carbons (Fsp3) is 0.357. The number of aryl methyl sites for hydroxylation is 2.